The summed E-state index contributed by atoms with van der Waals surface area (Å²) in [6, 6.07) is 6.99. The lowest BCUT2D eigenvalue weighted by atomic mass is 10.2. The number of hydrogen-bond acceptors (Lipinski definition) is 5. The molecule has 0 fully saturated rings. The van der Waals surface area contributed by atoms with Crippen LogP contribution in [0, 0.1) is 0 Å². The molecule has 6 heteroatoms. The average molecular weight is 267 g/mol. The van der Waals surface area contributed by atoms with Crippen LogP contribution in [0.1, 0.15) is 6.42 Å². The first-order valence-electron chi connectivity index (χ1n) is 6.25. The number of anilines is 2. The number of aliphatic hydroxyl groups is 2. The molecule has 0 aromatic heterocycles. The highest BCUT2D eigenvalue weighted by molar-refractivity contribution is 5.91. The van der Waals surface area contributed by atoms with E-state index in [2.05, 4.69) is 5.32 Å². The Morgan fingerprint density at radius 1 is 1.21 bits per heavy atom. The molecule has 1 aromatic carbocycles. The van der Waals surface area contributed by atoms with E-state index in [9.17, 15) is 4.79 Å². The van der Waals surface area contributed by atoms with E-state index in [0.29, 0.717) is 37.4 Å². The summed E-state index contributed by atoms with van der Waals surface area (Å²) in [6.07, 6.45) is 0.300. The largest absolute Gasteiger partial charge is 0.399 e. The number of benzene rings is 1. The molecular formula is C13H21N3O3. The van der Waals surface area contributed by atoms with Gasteiger partial charge in [-0.2, -0.15) is 0 Å². The van der Waals surface area contributed by atoms with Crippen molar-refractivity contribution in [3.63, 3.8) is 0 Å². The van der Waals surface area contributed by atoms with Gasteiger partial charge in [0.25, 0.3) is 0 Å². The number of aliphatic hydroxyl groups excluding tert-OH is 2. The smallest absolute Gasteiger partial charge is 0.225 e. The minimum atomic E-state index is -0.119. The maximum atomic E-state index is 11.7. The second-order valence-corrected chi connectivity index (χ2v) is 4.21. The summed E-state index contributed by atoms with van der Waals surface area (Å²) in [4.78, 5) is 13.6. The zero-order valence-corrected chi connectivity index (χ0v) is 10.9. The van der Waals surface area contributed by atoms with Crippen molar-refractivity contribution in [2.75, 3.05) is 43.9 Å². The molecule has 1 aromatic rings. The van der Waals surface area contributed by atoms with Gasteiger partial charge in [-0.05, 0) is 18.2 Å². The topological polar surface area (TPSA) is 98.8 Å². The van der Waals surface area contributed by atoms with E-state index in [1.807, 2.05) is 4.90 Å². The minimum Gasteiger partial charge on any atom is -0.399 e. The van der Waals surface area contributed by atoms with Gasteiger partial charge < -0.3 is 21.3 Å². The molecule has 19 heavy (non-hydrogen) atoms. The van der Waals surface area contributed by atoms with Gasteiger partial charge in [-0.1, -0.05) is 6.07 Å². The van der Waals surface area contributed by atoms with Gasteiger partial charge in [0.2, 0.25) is 5.91 Å². The van der Waals surface area contributed by atoms with Gasteiger partial charge in [-0.15, -0.1) is 0 Å². The van der Waals surface area contributed by atoms with Crippen LogP contribution in [0.15, 0.2) is 24.3 Å². The lowest BCUT2D eigenvalue weighted by Gasteiger charge is -2.19. The van der Waals surface area contributed by atoms with Crippen LogP contribution in [-0.2, 0) is 4.79 Å². The van der Waals surface area contributed by atoms with Crippen LogP contribution >= 0.6 is 0 Å². The van der Waals surface area contributed by atoms with Crippen molar-refractivity contribution in [2.45, 2.75) is 6.42 Å². The third-order valence-corrected chi connectivity index (χ3v) is 2.66. The Labute approximate surface area is 112 Å². The van der Waals surface area contributed by atoms with Crippen LogP contribution < -0.4 is 11.1 Å². The first-order valence-corrected chi connectivity index (χ1v) is 6.25. The third kappa shape index (κ3) is 6.19. The summed E-state index contributed by atoms with van der Waals surface area (Å²) < 4.78 is 0. The highest BCUT2D eigenvalue weighted by atomic mass is 16.3. The van der Waals surface area contributed by atoms with Crippen LogP contribution in [0.3, 0.4) is 0 Å². The van der Waals surface area contributed by atoms with Gasteiger partial charge in [-0.3, -0.25) is 9.69 Å². The third-order valence-electron chi connectivity index (χ3n) is 2.66. The van der Waals surface area contributed by atoms with E-state index in [1.54, 1.807) is 24.3 Å². The maximum Gasteiger partial charge on any atom is 0.225 e. The molecule has 0 saturated heterocycles. The monoisotopic (exact) mass is 267 g/mol. The Balaban J connectivity index is 2.38. The number of carbonyl (C=O) groups is 1. The van der Waals surface area contributed by atoms with Gasteiger partial charge in [-0.25, -0.2) is 0 Å². The molecule has 0 aliphatic carbocycles. The predicted molar refractivity (Wildman–Crippen MR) is 74.7 cm³/mol. The molecule has 1 amide bonds. The summed E-state index contributed by atoms with van der Waals surface area (Å²) in [6.45, 7) is 1.42. The summed E-state index contributed by atoms with van der Waals surface area (Å²) in [5, 5.41) is 20.5. The van der Waals surface area contributed by atoms with Crippen molar-refractivity contribution < 1.29 is 15.0 Å². The Kier molecular flexibility index (Phi) is 6.88. The van der Waals surface area contributed by atoms with Crippen molar-refractivity contribution in [1.82, 2.24) is 4.90 Å². The fraction of sp³-hybridized carbons (Fsp3) is 0.462. The number of amides is 1. The number of rotatable bonds is 8. The summed E-state index contributed by atoms with van der Waals surface area (Å²) in [5.41, 5.74) is 6.89. The molecule has 0 aliphatic rings. The first kappa shape index (κ1) is 15.4. The number of nitrogens with one attached hydrogen (secondary N) is 1. The molecule has 5 N–H and O–H groups in total. The zero-order chi connectivity index (χ0) is 14.1. The van der Waals surface area contributed by atoms with E-state index in [1.165, 1.54) is 0 Å². The number of nitrogen functional groups attached to an aromatic ring is 1. The maximum absolute atomic E-state index is 11.7. The quantitative estimate of drug-likeness (QED) is 0.492. The Morgan fingerprint density at radius 3 is 2.47 bits per heavy atom. The minimum absolute atomic E-state index is 0.0108. The average Bonchev–Trinajstić information content (AvgIpc) is 2.36. The number of nitrogens with zero attached hydrogens (tertiary/aromatic N) is 1. The number of nitrogens with two attached hydrogens (primary N) is 1. The van der Waals surface area contributed by atoms with Gasteiger partial charge in [0.15, 0.2) is 0 Å². The molecule has 0 spiro atoms. The standard InChI is InChI=1S/C13H21N3O3/c14-11-2-1-3-12(10-11)15-13(19)4-5-16(6-8-17)7-9-18/h1-3,10,17-18H,4-9,14H2,(H,15,19). The van der Waals surface area contributed by atoms with Gasteiger partial charge in [0, 0.05) is 37.4 Å². The van der Waals surface area contributed by atoms with E-state index in [4.69, 9.17) is 15.9 Å². The number of hydrogen-bond donors (Lipinski definition) is 4. The summed E-state index contributed by atoms with van der Waals surface area (Å²) in [7, 11) is 0. The van der Waals surface area contributed by atoms with Crippen LogP contribution in [-0.4, -0.2) is 53.9 Å². The van der Waals surface area contributed by atoms with E-state index in [0.717, 1.165) is 0 Å². The van der Waals surface area contributed by atoms with Gasteiger partial charge in [0.05, 0.1) is 13.2 Å². The molecule has 0 bridgehead atoms. The first-order chi connectivity index (χ1) is 9.15. The summed E-state index contributed by atoms with van der Waals surface area (Å²) in [5.74, 6) is -0.119. The lowest BCUT2D eigenvalue weighted by molar-refractivity contribution is -0.116. The molecule has 0 unspecified atom stereocenters. The van der Waals surface area contributed by atoms with Crippen LogP contribution in [0.25, 0.3) is 0 Å². The SMILES string of the molecule is Nc1cccc(NC(=O)CCN(CCO)CCO)c1. The zero-order valence-electron chi connectivity index (χ0n) is 10.9. The fourth-order valence-corrected chi connectivity index (χ4v) is 1.72. The second kappa shape index (κ2) is 8.47. The Bertz CT molecular complexity index is 392. The van der Waals surface area contributed by atoms with Crippen molar-refractivity contribution in [1.29, 1.82) is 0 Å². The normalized spacial score (nSPS) is 10.7. The highest BCUT2D eigenvalue weighted by Gasteiger charge is 2.07. The van der Waals surface area contributed by atoms with Crippen LogP contribution in [0.4, 0.5) is 11.4 Å². The molecule has 0 aliphatic heterocycles. The fourth-order valence-electron chi connectivity index (χ4n) is 1.72. The molecule has 6 nitrogen and oxygen atoms in total. The molecule has 0 radical (unpaired) electrons. The van der Waals surface area contributed by atoms with E-state index >= 15 is 0 Å². The van der Waals surface area contributed by atoms with E-state index in [-0.39, 0.29) is 19.1 Å². The number of carbonyl (C=O) groups excluding carboxylic acids is 1. The van der Waals surface area contributed by atoms with Crippen molar-refractivity contribution >= 4 is 17.3 Å². The predicted octanol–water partition coefficient (Wildman–Crippen LogP) is -0.116. The van der Waals surface area contributed by atoms with Crippen molar-refractivity contribution in [2.24, 2.45) is 0 Å². The lowest BCUT2D eigenvalue weighted by Crippen LogP contribution is -2.32. The molecule has 0 atom stereocenters. The van der Waals surface area contributed by atoms with Crippen molar-refractivity contribution in [3.05, 3.63) is 24.3 Å². The second-order valence-electron chi connectivity index (χ2n) is 4.21. The Morgan fingerprint density at radius 2 is 1.89 bits per heavy atom. The molecule has 106 valence electrons. The van der Waals surface area contributed by atoms with Gasteiger partial charge in [0.1, 0.15) is 0 Å². The molecule has 1 rings (SSSR count). The summed E-state index contributed by atoms with van der Waals surface area (Å²) >= 11 is 0. The van der Waals surface area contributed by atoms with Gasteiger partial charge >= 0.3 is 0 Å². The van der Waals surface area contributed by atoms with Crippen LogP contribution in [0.2, 0.25) is 0 Å². The Hall–Kier alpha value is -1.63. The van der Waals surface area contributed by atoms with E-state index < -0.39 is 0 Å². The van der Waals surface area contributed by atoms with Crippen LogP contribution in [0.5, 0.6) is 0 Å². The molecule has 0 heterocycles. The van der Waals surface area contributed by atoms with Crippen molar-refractivity contribution in [3.8, 4) is 0 Å². The molecular weight excluding hydrogens is 246 g/mol. The molecule has 0 saturated carbocycles. The highest BCUT2D eigenvalue weighted by Crippen LogP contribution is 2.11.